The Balaban J connectivity index is 3.01. The van der Waals surface area contributed by atoms with E-state index < -0.39 is 21.5 Å². The van der Waals surface area contributed by atoms with Gasteiger partial charge in [0.2, 0.25) is 5.91 Å². The fourth-order valence-corrected chi connectivity index (χ4v) is 2.12. The number of carbonyl (C=O) groups excluding carboxylic acids is 1. The van der Waals surface area contributed by atoms with Crippen LogP contribution < -0.4 is 10.6 Å². The molecule has 0 fully saturated rings. The highest BCUT2D eigenvalue weighted by Gasteiger charge is 2.19. The topological polar surface area (TPSA) is 80.5 Å². The molecule has 1 rings (SSSR count). The summed E-state index contributed by atoms with van der Waals surface area (Å²) in [7, 11) is -3.33. The third kappa shape index (κ3) is 3.74. The molecule has 0 saturated carbocycles. The number of hydrogen-bond acceptors (Lipinski definition) is 4. The molecule has 6 heteroatoms. The second-order valence-electron chi connectivity index (χ2n) is 3.77. The largest absolute Gasteiger partial charge is 0.397 e. The van der Waals surface area contributed by atoms with Gasteiger partial charge in [-0.1, -0.05) is 12.1 Å². The molecule has 1 amide bonds. The Bertz CT molecular complexity index is 511. The maximum absolute atomic E-state index is 11.8. The number of hydrogen-bond donors (Lipinski definition) is 1. The molecule has 17 heavy (non-hydrogen) atoms. The molecule has 0 aromatic heterocycles. The van der Waals surface area contributed by atoms with Crippen molar-refractivity contribution in [2.24, 2.45) is 0 Å². The SMILES string of the molecule is CCN(C(=O)CS(C)(=O)=O)c1ccccc1N. The lowest BCUT2D eigenvalue weighted by molar-refractivity contribution is -0.116. The number of benzene rings is 1. The van der Waals surface area contributed by atoms with Crippen LogP contribution in [-0.2, 0) is 14.6 Å². The Kier molecular flexibility index (Phi) is 4.11. The van der Waals surface area contributed by atoms with Gasteiger partial charge in [-0.25, -0.2) is 8.42 Å². The maximum Gasteiger partial charge on any atom is 0.242 e. The standard InChI is InChI=1S/C11H16N2O3S/c1-3-13(11(14)8-17(2,15)16)10-7-5-4-6-9(10)12/h4-7H,3,8,12H2,1-2H3. The van der Waals surface area contributed by atoms with Crippen LogP contribution in [0.2, 0.25) is 0 Å². The third-order valence-corrected chi connectivity index (χ3v) is 3.00. The molecule has 0 radical (unpaired) electrons. The van der Waals surface area contributed by atoms with Gasteiger partial charge in [-0.2, -0.15) is 0 Å². The summed E-state index contributed by atoms with van der Waals surface area (Å²) < 4.78 is 22.2. The van der Waals surface area contributed by atoms with Crippen LogP contribution in [0.1, 0.15) is 6.92 Å². The fourth-order valence-electron chi connectivity index (χ4n) is 1.52. The summed E-state index contributed by atoms with van der Waals surface area (Å²) >= 11 is 0. The molecule has 0 unspecified atom stereocenters. The van der Waals surface area contributed by atoms with Gasteiger partial charge in [0.05, 0.1) is 11.4 Å². The highest BCUT2D eigenvalue weighted by Crippen LogP contribution is 2.22. The third-order valence-electron chi connectivity index (χ3n) is 2.23. The van der Waals surface area contributed by atoms with Gasteiger partial charge < -0.3 is 10.6 Å². The van der Waals surface area contributed by atoms with Crippen LogP contribution in [-0.4, -0.2) is 32.9 Å². The molecule has 5 nitrogen and oxygen atoms in total. The number of nitrogen functional groups attached to an aromatic ring is 1. The maximum atomic E-state index is 11.8. The minimum atomic E-state index is -3.33. The summed E-state index contributed by atoms with van der Waals surface area (Å²) in [5.74, 6) is -0.970. The zero-order valence-corrected chi connectivity index (χ0v) is 10.7. The minimum absolute atomic E-state index is 0.378. The van der Waals surface area contributed by atoms with Crippen LogP contribution in [0.5, 0.6) is 0 Å². The Labute approximate surface area is 101 Å². The number of amides is 1. The first kappa shape index (κ1) is 13.5. The number of nitrogens with two attached hydrogens (primary N) is 1. The van der Waals surface area contributed by atoms with E-state index in [-0.39, 0.29) is 0 Å². The van der Waals surface area contributed by atoms with Crippen LogP contribution >= 0.6 is 0 Å². The van der Waals surface area contributed by atoms with Crippen LogP contribution in [0, 0.1) is 0 Å². The summed E-state index contributed by atoms with van der Waals surface area (Å²) in [4.78, 5) is 13.2. The van der Waals surface area contributed by atoms with Crippen molar-refractivity contribution in [2.75, 3.05) is 29.2 Å². The van der Waals surface area contributed by atoms with E-state index in [9.17, 15) is 13.2 Å². The molecule has 94 valence electrons. The number of sulfone groups is 1. The predicted molar refractivity (Wildman–Crippen MR) is 68.6 cm³/mol. The van der Waals surface area contributed by atoms with Crippen LogP contribution in [0.15, 0.2) is 24.3 Å². The van der Waals surface area contributed by atoms with Gasteiger partial charge in [-0.3, -0.25) is 4.79 Å². The molecule has 0 aliphatic rings. The average molecular weight is 256 g/mol. The minimum Gasteiger partial charge on any atom is -0.397 e. The van der Waals surface area contributed by atoms with Crippen molar-refractivity contribution < 1.29 is 13.2 Å². The molecule has 1 aromatic rings. The van der Waals surface area contributed by atoms with Crippen molar-refractivity contribution in [3.05, 3.63) is 24.3 Å². The van der Waals surface area contributed by atoms with Gasteiger partial charge in [0.25, 0.3) is 0 Å². The number of para-hydroxylation sites is 2. The number of rotatable bonds is 4. The van der Waals surface area contributed by atoms with Crippen molar-refractivity contribution >= 4 is 27.1 Å². The Morgan fingerprint density at radius 2 is 1.94 bits per heavy atom. The summed E-state index contributed by atoms with van der Waals surface area (Å²) in [5, 5.41) is 0. The van der Waals surface area contributed by atoms with Crippen molar-refractivity contribution in [3.63, 3.8) is 0 Å². The first-order valence-electron chi connectivity index (χ1n) is 5.17. The smallest absolute Gasteiger partial charge is 0.242 e. The van der Waals surface area contributed by atoms with Gasteiger partial charge in [-0.05, 0) is 19.1 Å². The summed E-state index contributed by atoms with van der Waals surface area (Å²) in [6, 6.07) is 6.88. The van der Waals surface area contributed by atoms with Crippen LogP contribution in [0.3, 0.4) is 0 Å². The molecule has 0 atom stereocenters. The molecule has 0 heterocycles. The highest BCUT2D eigenvalue weighted by atomic mass is 32.2. The first-order valence-corrected chi connectivity index (χ1v) is 7.24. The summed E-state index contributed by atoms with van der Waals surface area (Å²) in [6.07, 6.45) is 1.03. The zero-order valence-electron chi connectivity index (χ0n) is 9.88. The van der Waals surface area contributed by atoms with E-state index >= 15 is 0 Å². The van der Waals surface area contributed by atoms with Gasteiger partial charge in [0.1, 0.15) is 5.75 Å². The summed E-state index contributed by atoms with van der Waals surface area (Å²) in [6.45, 7) is 2.15. The van der Waals surface area contributed by atoms with E-state index in [4.69, 9.17) is 5.73 Å². The van der Waals surface area contributed by atoms with Crippen molar-refractivity contribution in [3.8, 4) is 0 Å². The molecule has 0 bridgehead atoms. The van der Waals surface area contributed by atoms with E-state index in [0.717, 1.165) is 6.26 Å². The quantitative estimate of drug-likeness (QED) is 0.803. The van der Waals surface area contributed by atoms with E-state index in [2.05, 4.69) is 0 Å². The molecule has 0 aliphatic carbocycles. The molecule has 0 saturated heterocycles. The van der Waals surface area contributed by atoms with Crippen LogP contribution in [0.4, 0.5) is 11.4 Å². The van der Waals surface area contributed by atoms with E-state index in [1.54, 1.807) is 31.2 Å². The summed E-state index contributed by atoms with van der Waals surface area (Å²) in [5.41, 5.74) is 6.76. The lowest BCUT2D eigenvalue weighted by Crippen LogP contribution is -2.35. The molecule has 0 spiro atoms. The number of carbonyl (C=O) groups is 1. The average Bonchev–Trinajstić information content (AvgIpc) is 2.19. The molecular formula is C11H16N2O3S. The Morgan fingerprint density at radius 1 is 1.35 bits per heavy atom. The van der Waals surface area contributed by atoms with Crippen molar-refractivity contribution in [2.45, 2.75) is 6.92 Å². The van der Waals surface area contributed by atoms with Gasteiger partial charge in [0, 0.05) is 12.8 Å². The molecule has 2 N–H and O–H groups in total. The fraction of sp³-hybridized carbons (Fsp3) is 0.364. The molecular weight excluding hydrogens is 240 g/mol. The number of anilines is 2. The van der Waals surface area contributed by atoms with E-state index in [0.29, 0.717) is 17.9 Å². The van der Waals surface area contributed by atoms with Gasteiger partial charge >= 0.3 is 0 Å². The Hall–Kier alpha value is -1.56. The normalized spacial score (nSPS) is 11.2. The highest BCUT2D eigenvalue weighted by molar-refractivity contribution is 7.91. The lowest BCUT2D eigenvalue weighted by atomic mass is 10.2. The second-order valence-corrected chi connectivity index (χ2v) is 5.91. The van der Waals surface area contributed by atoms with Crippen LogP contribution in [0.25, 0.3) is 0 Å². The van der Waals surface area contributed by atoms with E-state index in [1.807, 2.05) is 0 Å². The first-order chi connectivity index (χ1) is 7.85. The van der Waals surface area contributed by atoms with Gasteiger partial charge in [0.15, 0.2) is 9.84 Å². The Morgan fingerprint density at radius 3 is 2.41 bits per heavy atom. The number of nitrogens with zero attached hydrogens (tertiary/aromatic N) is 1. The van der Waals surface area contributed by atoms with Gasteiger partial charge in [-0.15, -0.1) is 0 Å². The van der Waals surface area contributed by atoms with E-state index in [1.165, 1.54) is 4.90 Å². The predicted octanol–water partition coefficient (Wildman–Crippen LogP) is 0.666. The molecule has 0 aliphatic heterocycles. The van der Waals surface area contributed by atoms with Crippen molar-refractivity contribution in [1.29, 1.82) is 0 Å². The lowest BCUT2D eigenvalue weighted by Gasteiger charge is -2.22. The zero-order chi connectivity index (χ0) is 13.1. The molecule has 1 aromatic carbocycles. The monoisotopic (exact) mass is 256 g/mol. The second kappa shape index (κ2) is 5.18. The van der Waals surface area contributed by atoms with Crippen molar-refractivity contribution in [1.82, 2.24) is 0 Å².